The topological polar surface area (TPSA) is 66.1 Å². The minimum Gasteiger partial charge on any atom is -0.342 e. The van der Waals surface area contributed by atoms with Crippen LogP contribution < -0.4 is 5.69 Å². The van der Waals surface area contributed by atoms with E-state index in [-0.39, 0.29) is 11.6 Å². The van der Waals surface area contributed by atoms with Crippen LogP contribution in [0.1, 0.15) is 13.8 Å². The SMILES string of the molecule is CCN(CC)C(=O)CN1CCN(CCn2nc3ccccn3c2=O)CC1. The zero-order valence-electron chi connectivity index (χ0n) is 15.7. The van der Waals surface area contributed by atoms with E-state index < -0.39 is 0 Å². The Hall–Kier alpha value is -2.19. The average molecular weight is 360 g/mol. The number of aromatic nitrogens is 3. The lowest BCUT2D eigenvalue weighted by atomic mass is 10.3. The molecule has 1 aliphatic rings. The molecule has 0 saturated carbocycles. The van der Waals surface area contributed by atoms with E-state index >= 15 is 0 Å². The van der Waals surface area contributed by atoms with E-state index in [4.69, 9.17) is 0 Å². The maximum absolute atomic E-state index is 12.3. The highest BCUT2D eigenvalue weighted by molar-refractivity contribution is 5.78. The average Bonchev–Trinajstić information content (AvgIpc) is 2.98. The molecule has 0 unspecified atom stereocenters. The molecule has 0 aliphatic carbocycles. The van der Waals surface area contributed by atoms with E-state index in [1.807, 2.05) is 36.9 Å². The van der Waals surface area contributed by atoms with Gasteiger partial charge in [-0.25, -0.2) is 9.48 Å². The first-order valence-corrected chi connectivity index (χ1v) is 9.39. The van der Waals surface area contributed by atoms with Crippen molar-refractivity contribution in [3.63, 3.8) is 0 Å². The summed E-state index contributed by atoms with van der Waals surface area (Å²) in [7, 11) is 0. The van der Waals surface area contributed by atoms with E-state index in [2.05, 4.69) is 14.9 Å². The lowest BCUT2D eigenvalue weighted by Gasteiger charge is -2.35. The molecule has 8 heteroatoms. The molecule has 0 bridgehead atoms. The van der Waals surface area contributed by atoms with Crippen molar-refractivity contribution >= 4 is 11.6 Å². The van der Waals surface area contributed by atoms with Crippen LogP contribution in [0.15, 0.2) is 29.2 Å². The summed E-state index contributed by atoms with van der Waals surface area (Å²) < 4.78 is 3.10. The van der Waals surface area contributed by atoms with Gasteiger partial charge in [0.1, 0.15) is 0 Å². The third kappa shape index (κ3) is 4.13. The van der Waals surface area contributed by atoms with E-state index in [0.717, 1.165) is 45.8 Å². The van der Waals surface area contributed by atoms with E-state index in [0.29, 0.717) is 18.7 Å². The third-order valence-corrected chi connectivity index (χ3v) is 5.06. The smallest absolute Gasteiger partial charge is 0.342 e. The molecule has 1 amide bonds. The van der Waals surface area contributed by atoms with Crippen molar-refractivity contribution in [1.29, 1.82) is 0 Å². The number of nitrogens with zero attached hydrogens (tertiary/aromatic N) is 6. The molecule has 0 N–H and O–H groups in total. The molecule has 0 aromatic carbocycles. The largest absolute Gasteiger partial charge is 0.350 e. The summed E-state index contributed by atoms with van der Waals surface area (Å²) in [6.45, 7) is 11.0. The number of hydrogen-bond acceptors (Lipinski definition) is 5. The van der Waals surface area contributed by atoms with Crippen LogP contribution in [0.25, 0.3) is 5.65 Å². The van der Waals surface area contributed by atoms with Crippen LogP contribution in [0.5, 0.6) is 0 Å². The summed E-state index contributed by atoms with van der Waals surface area (Å²) >= 11 is 0. The van der Waals surface area contributed by atoms with Gasteiger partial charge in [-0.2, -0.15) is 0 Å². The van der Waals surface area contributed by atoms with Crippen LogP contribution in [0.3, 0.4) is 0 Å². The van der Waals surface area contributed by atoms with Gasteiger partial charge in [0, 0.05) is 52.0 Å². The van der Waals surface area contributed by atoms with Crippen molar-refractivity contribution in [3.8, 4) is 0 Å². The summed E-state index contributed by atoms with van der Waals surface area (Å²) in [6.07, 6.45) is 1.74. The molecule has 3 rings (SSSR count). The van der Waals surface area contributed by atoms with Crippen molar-refractivity contribution in [2.24, 2.45) is 0 Å². The number of piperazine rings is 1. The van der Waals surface area contributed by atoms with Crippen LogP contribution in [-0.4, -0.2) is 87.1 Å². The molecule has 8 nitrogen and oxygen atoms in total. The molecule has 2 aromatic rings. The van der Waals surface area contributed by atoms with Crippen molar-refractivity contribution in [1.82, 2.24) is 28.9 Å². The van der Waals surface area contributed by atoms with Gasteiger partial charge in [-0.15, -0.1) is 5.10 Å². The molecule has 26 heavy (non-hydrogen) atoms. The predicted molar refractivity (Wildman–Crippen MR) is 100 cm³/mol. The Morgan fingerprint density at radius 3 is 2.42 bits per heavy atom. The van der Waals surface area contributed by atoms with Gasteiger partial charge in [0.25, 0.3) is 0 Å². The Kier molecular flexibility index (Phi) is 6.05. The van der Waals surface area contributed by atoms with Gasteiger partial charge in [0.05, 0.1) is 13.1 Å². The number of amides is 1. The van der Waals surface area contributed by atoms with Gasteiger partial charge in [-0.1, -0.05) is 6.07 Å². The van der Waals surface area contributed by atoms with Crippen LogP contribution >= 0.6 is 0 Å². The van der Waals surface area contributed by atoms with Gasteiger partial charge in [0.15, 0.2) is 5.65 Å². The highest BCUT2D eigenvalue weighted by atomic mass is 16.2. The molecule has 1 saturated heterocycles. The highest BCUT2D eigenvalue weighted by Gasteiger charge is 2.21. The molecular formula is C18H28N6O2. The first kappa shape index (κ1) is 18.6. The minimum absolute atomic E-state index is 0.0935. The maximum Gasteiger partial charge on any atom is 0.350 e. The van der Waals surface area contributed by atoms with Gasteiger partial charge in [-0.05, 0) is 26.0 Å². The first-order valence-electron chi connectivity index (χ1n) is 9.39. The number of rotatable bonds is 7. The molecule has 0 radical (unpaired) electrons. The summed E-state index contributed by atoms with van der Waals surface area (Å²) in [5.74, 6) is 0.208. The monoisotopic (exact) mass is 360 g/mol. The van der Waals surface area contributed by atoms with E-state index in [1.165, 1.54) is 4.68 Å². The molecule has 1 fully saturated rings. The maximum atomic E-state index is 12.3. The van der Waals surface area contributed by atoms with Crippen LogP contribution in [-0.2, 0) is 11.3 Å². The molecule has 0 spiro atoms. The summed E-state index contributed by atoms with van der Waals surface area (Å²) in [4.78, 5) is 30.9. The Labute approximate surface area is 153 Å². The standard InChI is InChI=1S/C18H28N6O2/c1-3-22(4-2)17(25)15-21-11-9-20(10-12-21)13-14-24-18(26)23-8-6-5-7-16(23)19-24/h5-8H,3-4,9-15H2,1-2H3. The Balaban J connectivity index is 1.47. The van der Waals surface area contributed by atoms with Crippen molar-refractivity contribution in [3.05, 3.63) is 34.9 Å². The fourth-order valence-electron chi connectivity index (χ4n) is 3.39. The van der Waals surface area contributed by atoms with E-state index in [1.54, 1.807) is 10.6 Å². The minimum atomic E-state index is -0.0935. The summed E-state index contributed by atoms with van der Waals surface area (Å²) in [5, 5.41) is 4.37. The van der Waals surface area contributed by atoms with Crippen LogP contribution in [0, 0.1) is 0 Å². The molecule has 1 aliphatic heterocycles. The number of carbonyl (C=O) groups is 1. The van der Waals surface area contributed by atoms with Gasteiger partial charge >= 0.3 is 5.69 Å². The number of likely N-dealkylation sites (N-methyl/N-ethyl adjacent to an activating group) is 1. The summed E-state index contributed by atoms with van der Waals surface area (Å²) in [6, 6.07) is 5.55. The number of pyridine rings is 1. The molecule has 3 heterocycles. The second kappa shape index (κ2) is 8.46. The van der Waals surface area contributed by atoms with Crippen LogP contribution in [0.4, 0.5) is 0 Å². The fraction of sp³-hybridized carbons (Fsp3) is 0.611. The van der Waals surface area contributed by atoms with Gasteiger partial charge in [0.2, 0.25) is 5.91 Å². The van der Waals surface area contributed by atoms with Crippen molar-refractivity contribution < 1.29 is 4.79 Å². The Morgan fingerprint density at radius 1 is 1.08 bits per heavy atom. The molecular weight excluding hydrogens is 332 g/mol. The molecule has 142 valence electrons. The number of hydrogen-bond donors (Lipinski definition) is 0. The normalized spacial score (nSPS) is 16.2. The third-order valence-electron chi connectivity index (χ3n) is 5.06. The second-order valence-electron chi connectivity index (χ2n) is 6.62. The van der Waals surface area contributed by atoms with Gasteiger partial charge < -0.3 is 4.90 Å². The van der Waals surface area contributed by atoms with Gasteiger partial charge in [-0.3, -0.25) is 19.0 Å². The zero-order chi connectivity index (χ0) is 18.5. The predicted octanol–water partition coefficient (Wildman–Crippen LogP) is -0.0180. The Bertz CT molecular complexity index is 786. The fourth-order valence-corrected chi connectivity index (χ4v) is 3.39. The molecule has 2 aromatic heterocycles. The quantitative estimate of drug-likeness (QED) is 0.694. The van der Waals surface area contributed by atoms with E-state index in [9.17, 15) is 9.59 Å². The molecule has 0 atom stereocenters. The first-order chi connectivity index (χ1) is 12.6. The lowest BCUT2D eigenvalue weighted by Crippen LogP contribution is -2.50. The lowest BCUT2D eigenvalue weighted by molar-refractivity contribution is -0.132. The summed E-state index contributed by atoms with van der Waals surface area (Å²) in [5.41, 5.74) is 0.585. The second-order valence-corrected chi connectivity index (χ2v) is 6.62. The Morgan fingerprint density at radius 2 is 1.77 bits per heavy atom. The van der Waals surface area contributed by atoms with Crippen molar-refractivity contribution in [2.45, 2.75) is 20.4 Å². The number of carbonyl (C=O) groups excluding carboxylic acids is 1. The zero-order valence-corrected chi connectivity index (χ0v) is 15.7. The highest BCUT2D eigenvalue weighted by Crippen LogP contribution is 2.03. The van der Waals surface area contributed by atoms with Crippen LogP contribution in [0.2, 0.25) is 0 Å². The number of fused-ring (bicyclic) bond motifs is 1. The van der Waals surface area contributed by atoms with Crippen molar-refractivity contribution in [2.75, 3.05) is 52.4 Å².